The summed E-state index contributed by atoms with van der Waals surface area (Å²) in [7, 11) is 1.65. The monoisotopic (exact) mass is 433 g/mol. The lowest BCUT2D eigenvalue weighted by atomic mass is 9.83. The Bertz CT molecular complexity index is 1080. The summed E-state index contributed by atoms with van der Waals surface area (Å²) in [4.78, 5) is 17.6. The van der Waals surface area contributed by atoms with Gasteiger partial charge in [0.25, 0.3) is 0 Å². The molecule has 2 heterocycles. The van der Waals surface area contributed by atoms with Gasteiger partial charge in [-0.05, 0) is 29.7 Å². The minimum atomic E-state index is -0.279. The SMILES string of the molecule is COc1ccc2ccccc2c1[C@H]1CC(=O)N2CN(C3CCCCC3)CSC2=C1C#N. The Hall–Kier alpha value is -2.49. The van der Waals surface area contributed by atoms with Gasteiger partial charge in [0.1, 0.15) is 5.75 Å². The van der Waals surface area contributed by atoms with Gasteiger partial charge < -0.3 is 4.74 Å². The lowest BCUT2D eigenvalue weighted by Crippen LogP contribution is -2.51. The van der Waals surface area contributed by atoms with Gasteiger partial charge in [-0.1, -0.05) is 61.4 Å². The fourth-order valence-electron chi connectivity index (χ4n) is 5.31. The van der Waals surface area contributed by atoms with E-state index in [1.807, 2.05) is 29.2 Å². The Morgan fingerprint density at radius 2 is 1.94 bits per heavy atom. The second-order valence-corrected chi connectivity index (χ2v) is 9.54. The van der Waals surface area contributed by atoms with Gasteiger partial charge in [-0.15, -0.1) is 0 Å². The number of fused-ring (bicyclic) bond motifs is 2. The van der Waals surface area contributed by atoms with E-state index in [9.17, 15) is 10.1 Å². The van der Waals surface area contributed by atoms with Gasteiger partial charge in [-0.2, -0.15) is 5.26 Å². The van der Waals surface area contributed by atoms with Crippen LogP contribution in [0.1, 0.15) is 50.0 Å². The van der Waals surface area contributed by atoms with Crippen molar-refractivity contribution in [2.24, 2.45) is 0 Å². The van der Waals surface area contributed by atoms with Crippen LogP contribution in [0.4, 0.5) is 0 Å². The molecule has 0 spiro atoms. The molecule has 31 heavy (non-hydrogen) atoms. The van der Waals surface area contributed by atoms with Gasteiger partial charge in [0.15, 0.2) is 0 Å². The number of hydrogen-bond donors (Lipinski definition) is 0. The topological polar surface area (TPSA) is 56.6 Å². The molecule has 0 unspecified atom stereocenters. The number of methoxy groups -OCH3 is 1. The highest BCUT2D eigenvalue weighted by Crippen LogP contribution is 2.47. The second-order valence-electron chi connectivity index (χ2n) is 8.61. The molecule has 2 aliphatic heterocycles. The minimum Gasteiger partial charge on any atom is -0.496 e. The van der Waals surface area contributed by atoms with Crippen LogP contribution in [-0.2, 0) is 4.79 Å². The molecule has 1 saturated heterocycles. The number of rotatable bonds is 3. The molecule has 0 radical (unpaired) electrons. The third-order valence-electron chi connectivity index (χ3n) is 6.90. The molecular formula is C25H27N3O2S. The van der Waals surface area contributed by atoms with Crippen molar-refractivity contribution in [3.05, 3.63) is 52.6 Å². The summed E-state index contributed by atoms with van der Waals surface area (Å²) < 4.78 is 5.70. The first-order valence-electron chi connectivity index (χ1n) is 11.1. The molecule has 1 atom stereocenters. The molecule has 5 nitrogen and oxygen atoms in total. The van der Waals surface area contributed by atoms with Crippen LogP contribution in [0.15, 0.2) is 47.0 Å². The van der Waals surface area contributed by atoms with E-state index in [2.05, 4.69) is 23.1 Å². The van der Waals surface area contributed by atoms with Gasteiger partial charge in [-0.3, -0.25) is 14.6 Å². The maximum Gasteiger partial charge on any atom is 0.229 e. The number of carbonyl (C=O) groups is 1. The molecule has 0 N–H and O–H groups in total. The van der Waals surface area contributed by atoms with E-state index in [0.29, 0.717) is 24.7 Å². The summed E-state index contributed by atoms with van der Waals surface area (Å²) in [6.07, 6.45) is 6.59. The highest BCUT2D eigenvalue weighted by atomic mass is 32.2. The number of hydrogen-bond acceptors (Lipinski definition) is 5. The van der Waals surface area contributed by atoms with Gasteiger partial charge >= 0.3 is 0 Å². The van der Waals surface area contributed by atoms with E-state index in [1.165, 1.54) is 32.1 Å². The maximum atomic E-state index is 13.3. The van der Waals surface area contributed by atoms with Crippen molar-refractivity contribution in [2.45, 2.75) is 50.5 Å². The summed E-state index contributed by atoms with van der Waals surface area (Å²) in [5, 5.41) is 13.2. The number of amides is 1. The summed E-state index contributed by atoms with van der Waals surface area (Å²) in [5.74, 6) is 1.40. The van der Waals surface area contributed by atoms with Crippen LogP contribution in [0, 0.1) is 11.3 Å². The summed E-state index contributed by atoms with van der Waals surface area (Å²) >= 11 is 1.65. The number of nitrogens with zero attached hydrogens (tertiary/aromatic N) is 3. The highest BCUT2D eigenvalue weighted by Gasteiger charge is 2.41. The molecule has 0 bridgehead atoms. The largest absolute Gasteiger partial charge is 0.496 e. The van der Waals surface area contributed by atoms with Crippen LogP contribution in [0.3, 0.4) is 0 Å². The van der Waals surface area contributed by atoms with Gasteiger partial charge in [0.05, 0.1) is 36.3 Å². The van der Waals surface area contributed by atoms with Gasteiger partial charge in [0.2, 0.25) is 5.91 Å². The predicted octanol–water partition coefficient (Wildman–Crippen LogP) is 5.20. The van der Waals surface area contributed by atoms with Gasteiger partial charge in [0, 0.05) is 23.9 Å². The standard InChI is InChI=1S/C25H27N3O2S/c1-30-22-12-11-17-7-5-6-10-19(17)24(22)20-13-23(29)28-15-27(18-8-3-2-4-9-18)16-31-25(28)21(20)14-26/h5-7,10-12,18,20H,2-4,8-9,13,15-16H2,1H3/t20-/m0/s1. The molecule has 3 aliphatic rings. The molecule has 2 aromatic carbocycles. The third kappa shape index (κ3) is 3.60. The second kappa shape index (κ2) is 8.57. The van der Waals surface area contributed by atoms with Crippen molar-refractivity contribution in [3.63, 3.8) is 0 Å². The number of ether oxygens (including phenoxy) is 1. The minimum absolute atomic E-state index is 0.0991. The van der Waals surface area contributed by atoms with Crippen LogP contribution < -0.4 is 4.74 Å². The lowest BCUT2D eigenvalue weighted by Gasteiger charge is -2.45. The fourth-order valence-corrected chi connectivity index (χ4v) is 6.55. The fraction of sp³-hybridized carbons (Fsp3) is 0.440. The Morgan fingerprint density at radius 3 is 2.71 bits per heavy atom. The summed E-state index contributed by atoms with van der Waals surface area (Å²) in [6, 6.07) is 15.1. The summed E-state index contributed by atoms with van der Waals surface area (Å²) in [5.41, 5.74) is 1.65. The Balaban J connectivity index is 1.55. The Morgan fingerprint density at radius 1 is 1.13 bits per heavy atom. The zero-order valence-electron chi connectivity index (χ0n) is 17.8. The van der Waals surface area contributed by atoms with Crippen molar-refractivity contribution < 1.29 is 9.53 Å². The molecule has 0 aromatic heterocycles. The first-order valence-corrected chi connectivity index (χ1v) is 12.1. The zero-order valence-corrected chi connectivity index (χ0v) is 18.7. The van der Waals surface area contributed by atoms with E-state index in [-0.39, 0.29) is 11.8 Å². The van der Waals surface area contributed by atoms with Crippen LogP contribution >= 0.6 is 11.8 Å². The number of benzene rings is 2. The van der Waals surface area contributed by atoms with Crippen molar-refractivity contribution in [2.75, 3.05) is 19.7 Å². The first kappa shape index (κ1) is 20.4. The van der Waals surface area contributed by atoms with Crippen molar-refractivity contribution in [1.29, 1.82) is 5.26 Å². The third-order valence-corrected chi connectivity index (χ3v) is 8.08. The molecule has 1 aliphatic carbocycles. The van der Waals surface area contributed by atoms with E-state index in [4.69, 9.17) is 4.74 Å². The molecule has 5 rings (SSSR count). The first-order chi connectivity index (χ1) is 15.2. The molecule has 1 amide bonds. The van der Waals surface area contributed by atoms with Crippen molar-refractivity contribution in [3.8, 4) is 11.8 Å². The van der Waals surface area contributed by atoms with Crippen LogP contribution in [-0.4, -0.2) is 41.4 Å². The van der Waals surface area contributed by atoms with Gasteiger partial charge in [-0.25, -0.2) is 0 Å². The van der Waals surface area contributed by atoms with Crippen LogP contribution in [0.2, 0.25) is 0 Å². The number of nitriles is 1. The summed E-state index contributed by atoms with van der Waals surface area (Å²) in [6.45, 7) is 0.608. The smallest absolute Gasteiger partial charge is 0.229 e. The normalized spacial score (nSPS) is 23.0. The average molecular weight is 434 g/mol. The molecule has 6 heteroatoms. The molecule has 160 valence electrons. The number of thioether (sulfide) groups is 1. The molecule has 2 aromatic rings. The molecule has 2 fully saturated rings. The average Bonchev–Trinajstić information content (AvgIpc) is 2.83. The van der Waals surface area contributed by atoms with E-state index in [1.54, 1.807) is 18.9 Å². The van der Waals surface area contributed by atoms with Crippen molar-refractivity contribution in [1.82, 2.24) is 9.80 Å². The Kier molecular flexibility index (Phi) is 5.64. The highest BCUT2D eigenvalue weighted by molar-refractivity contribution is 8.03. The van der Waals surface area contributed by atoms with E-state index < -0.39 is 0 Å². The number of carbonyl (C=O) groups excluding carboxylic acids is 1. The number of allylic oxidation sites excluding steroid dienone is 1. The lowest BCUT2D eigenvalue weighted by molar-refractivity contribution is -0.132. The molecular weight excluding hydrogens is 406 g/mol. The molecule has 1 saturated carbocycles. The maximum absolute atomic E-state index is 13.3. The quantitative estimate of drug-likeness (QED) is 0.666. The predicted molar refractivity (Wildman–Crippen MR) is 123 cm³/mol. The van der Waals surface area contributed by atoms with Crippen molar-refractivity contribution >= 4 is 28.4 Å². The van der Waals surface area contributed by atoms with E-state index in [0.717, 1.165) is 33.0 Å². The van der Waals surface area contributed by atoms with Crippen LogP contribution in [0.25, 0.3) is 10.8 Å². The zero-order chi connectivity index (χ0) is 21.4. The van der Waals surface area contributed by atoms with E-state index >= 15 is 0 Å². The van der Waals surface area contributed by atoms with Crippen LogP contribution in [0.5, 0.6) is 5.75 Å². The Labute approximate surface area is 187 Å².